The van der Waals surface area contributed by atoms with Crippen molar-refractivity contribution in [1.82, 2.24) is 0 Å². The smallest absolute Gasteiger partial charge is 0.387 e. The molecule has 1 aromatic rings. The second kappa shape index (κ2) is 9.02. The molecule has 1 rings (SSSR count). The first-order chi connectivity index (χ1) is 9.29. The number of hydrogen-bond acceptors (Lipinski definition) is 3. The molecule has 3 N–H and O–H groups in total. The largest absolute Gasteiger partial charge is 0.433 e. The SMILES string of the molecule is CC(C)C[C@H](N)C(=O)Nc1ccc(OC(F)F)c(Cl)c1.Cl. The van der Waals surface area contributed by atoms with E-state index in [1.165, 1.54) is 18.2 Å². The Morgan fingerprint density at radius 3 is 2.52 bits per heavy atom. The Morgan fingerprint density at radius 2 is 2.05 bits per heavy atom. The molecule has 21 heavy (non-hydrogen) atoms. The first-order valence-electron chi connectivity index (χ1n) is 6.10. The van der Waals surface area contributed by atoms with E-state index in [2.05, 4.69) is 10.1 Å². The van der Waals surface area contributed by atoms with E-state index in [0.717, 1.165) is 0 Å². The average molecular weight is 343 g/mol. The van der Waals surface area contributed by atoms with Crippen molar-refractivity contribution in [2.45, 2.75) is 32.9 Å². The van der Waals surface area contributed by atoms with Crippen LogP contribution in [0.2, 0.25) is 5.02 Å². The molecule has 0 aromatic heterocycles. The molecule has 0 saturated carbocycles. The highest BCUT2D eigenvalue weighted by Crippen LogP contribution is 2.29. The van der Waals surface area contributed by atoms with Crippen LogP contribution in [-0.2, 0) is 4.79 Å². The van der Waals surface area contributed by atoms with Gasteiger partial charge in [0.05, 0.1) is 11.1 Å². The molecule has 4 nitrogen and oxygen atoms in total. The van der Waals surface area contributed by atoms with Crippen molar-refractivity contribution in [1.29, 1.82) is 0 Å². The maximum Gasteiger partial charge on any atom is 0.387 e. The fourth-order valence-electron chi connectivity index (χ4n) is 1.62. The lowest BCUT2D eigenvalue weighted by Gasteiger charge is -2.15. The van der Waals surface area contributed by atoms with Crippen molar-refractivity contribution < 1.29 is 18.3 Å². The highest BCUT2D eigenvalue weighted by Gasteiger charge is 2.16. The first-order valence-corrected chi connectivity index (χ1v) is 6.48. The summed E-state index contributed by atoms with van der Waals surface area (Å²) in [5.74, 6) is -0.204. The van der Waals surface area contributed by atoms with Gasteiger partial charge in [-0.3, -0.25) is 4.79 Å². The molecule has 1 atom stereocenters. The number of rotatable bonds is 6. The molecule has 0 fully saturated rings. The molecule has 0 aliphatic carbocycles. The van der Waals surface area contributed by atoms with Gasteiger partial charge in [0.2, 0.25) is 5.91 Å². The molecular weight excluding hydrogens is 325 g/mol. The van der Waals surface area contributed by atoms with E-state index >= 15 is 0 Å². The molecule has 120 valence electrons. The van der Waals surface area contributed by atoms with E-state index in [-0.39, 0.29) is 29.1 Å². The van der Waals surface area contributed by atoms with Crippen LogP contribution in [0.15, 0.2) is 18.2 Å². The summed E-state index contributed by atoms with van der Waals surface area (Å²) in [4.78, 5) is 11.8. The van der Waals surface area contributed by atoms with Crippen molar-refractivity contribution in [3.05, 3.63) is 23.2 Å². The van der Waals surface area contributed by atoms with E-state index < -0.39 is 12.7 Å². The van der Waals surface area contributed by atoms with Gasteiger partial charge < -0.3 is 15.8 Å². The molecule has 1 aromatic carbocycles. The molecule has 0 aliphatic heterocycles. The Labute approximate surface area is 133 Å². The lowest BCUT2D eigenvalue weighted by molar-refractivity contribution is -0.117. The minimum Gasteiger partial charge on any atom is -0.433 e. The van der Waals surface area contributed by atoms with Gasteiger partial charge in [-0.1, -0.05) is 25.4 Å². The maximum absolute atomic E-state index is 12.1. The molecule has 0 radical (unpaired) electrons. The average Bonchev–Trinajstić information content (AvgIpc) is 2.31. The molecule has 8 heteroatoms. The lowest BCUT2D eigenvalue weighted by atomic mass is 10.0. The molecule has 0 bridgehead atoms. The number of amides is 1. The summed E-state index contributed by atoms with van der Waals surface area (Å²) >= 11 is 5.78. The summed E-state index contributed by atoms with van der Waals surface area (Å²) in [6.07, 6.45) is 0.548. The number of ether oxygens (including phenoxy) is 1. The van der Waals surface area contributed by atoms with Crippen LogP contribution in [-0.4, -0.2) is 18.6 Å². The minimum absolute atomic E-state index is 0. The van der Waals surface area contributed by atoms with Gasteiger partial charge in [-0.25, -0.2) is 0 Å². The van der Waals surface area contributed by atoms with Crippen LogP contribution in [0.1, 0.15) is 20.3 Å². The fourth-order valence-corrected chi connectivity index (χ4v) is 1.85. The standard InChI is InChI=1S/C13H17ClF2N2O2.ClH/c1-7(2)5-10(17)12(19)18-8-3-4-11(9(14)6-8)20-13(15)16;/h3-4,6-7,10,13H,5,17H2,1-2H3,(H,18,19);1H/t10-;/m0./s1. The van der Waals surface area contributed by atoms with Crippen molar-refractivity contribution in [3.8, 4) is 5.75 Å². The van der Waals surface area contributed by atoms with Gasteiger partial charge in [0.15, 0.2) is 0 Å². The predicted molar refractivity (Wildman–Crippen MR) is 81.4 cm³/mol. The van der Waals surface area contributed by atoms with Crippen LogP contribution in [0.4, 0.5) is 14.5 Å². The molecule has 0 heterocycles. The second-order valence-electron chi connectivity index (χ2n) is 4.75. The molecule has 0 unspecified atom stereocenters. The zero-order valence-electron chi connectivity index (χ0n) is 11.6. The number of nitrogens with one attached hydrogen (secondary N) is 1. The fraction of sp³-hybridized carbons (Fsp3) is 0.462. The van der Waals surface area contributed by atoms with E-state index in [4.69, 9.17) is 17.3 Å². The van der Waals surface area contributed by atoms with Crippen LogP contribution in [0.5, 0.6) is 5.75 Å². The van der Waals surface area contributed by atoms with Gasteiger partial charge in [0.1, 0.15) is 5.75 Å². The lowest BCUT2D eigenvalue weighted by Crippen LogP contribution is -2.36. The number of anilines is 1. The summed E-state index contributed by atoms with van der Waals surface area (Å²) in [6, 6.07) is 3.38. The topological polar surface area (TPSA) is 64.4 Å². The van der Waals surface area contributed by atoms with Crippen LogP contribution in [0.3, 0.4) is 0 Å². The zero-order chi connectivity index (χ0) is 15.3. The number of benzene rings is 1. The van der Waals surface area contributed by atoms with Gasteiger partial charge in [0.25, 0.3) is 0 Å². The van der Waals surface area contributed by atoms with E-state index in [9.17, 15) is 13.6 Å². The Balaban J connectivity index is 0.00000400. The number of carbonyl (C=O) groups is 1. The van der Waals surface area contributed by atoms with Gasteiger partial charge in [0, 0.05) is 5.69 Å². The number of carbonyl (C=O) groups excluding carboxylic acids is 1. The number of nitrogens with two attached hydrogens (primary N) is 1. The predicted octanol–water partition coefficient (Wildman–Crippen LogP) is 3.68. The van der Waals surface area contributed by atoms with Crippen molar-refractivity contribution in [2.75, 3.05) is 5.32 Å². The highest BCUT2D eigenvalue weighted by molar-refractivity contribution is 6.32. The van der Waals surface area contributed by atoms with Gasteiger partial charge in [-0.15, -0.1) is 12.4 Å². The van der Waals surface area contributed by atoms with Gasteiger partial charge in [-0.2, -0.15) is 8.78 Å². The first kappa shape index (κ1) is 19.9. The zero-order valence-corrected chi connectivity index (χ0v) is 13.2. The summed E-state index contributed by atoms with van der Waals surface area (Å²) in [5, 5.41) is 2.56. The summed E-state index contributed by atoms with van der Waals surface area (Å²) in [6.45, 7) is 0.966. The second-order valence-corrected chi connectivity index (χ2v) is 5.16. The summed E-state index contributed by atoms with van der Waals surface area (Å²) < 4.78 is 28.3. The Morgan fingerprint density at radius 1 is 1.43 bits per heavy atom. The summed E-state index contributed by atoms with van der Waals surface area (Å²) in [7, 11) is 0. The number of halogens is 4. The minimum atomic E-state index is -2.95. The third-order valence-corrected chi connectivity index (χ3v) is 2.77. The van der Waals surface area contributed by atoms with Crippen LogP contribution >= 0.6 is 24.0 Å². The Bertz CT molecular complexity index is 473. The van der Waals surface area contributed by atoms with Gasteiger partial charge >= 0.3 is 6.61 Å². The highest BCUT2D eigenvalue weighted by atomic mass is 35.5. The number of alkyl halides is 2. The van der Waals surface area contributed by atoms with Crippen molar-refractivity contribution >= 4 is 35.6 Å². The third kappa shape index (κ3) is 6.93. The van der Waals surface area contributed by atoms with Crippen molar-refractivity contribution in [3.63, 3.8) is 0 Å². The molecular formula is C13H18Cl2F2N2O2. The molecule has 0 saturated heterocycles. The van der Waals surface area contributed by atoms with Crippen LogP contribution in [0.25, 0.3) is 0 Å². The quantitative estimate of drug-likeness (QED) is 0.828. The normalized spacial score (nSPS) is 12.0. The van der Waals surface area contributed by atoms with E-state index in [1.807, 2.05) is 13.8 Å². The third-order valence-electron chi connectivity index (χ3n) is 2.48. The van der Waals surface area contributed by atoms with Gasteiger partial charge in [-0.05, 0) is 30.5 Å². The maximum atomic E-state index is 12.1. The summed E-state index contributed by atoms with van der Waals surface area (Å²) in [5.41, 5.74) is 6.11. The molecule has 0 spiro atoms. The van der Waals surface area contributed by atoms with E-state index in [0.29, 0.717) is 18.0 Å². The van der Waals surface area contributed by atoms with Crippen LogP contribution < -0.4 is 15.8 Å². The monoisotopic (exact) mass is 342 g/mol. The molecule has 0 aliphatic rings. The van der Waals surface area contributed by atoms with Crippen LogP contribution in [0, 0.1) is 5.92 Å². The Kier molecular flexibility index (Phi) is 8.54. The van der Waals surface area contributed by atoms with E-state index in [1.54, 1.807) is 0 Å². The number of hydrogen-bond donors (Lipinski definition) is 2. The van der Waals surface area contributed by atoms with Crippen molar-refractivity contribution in [2.24, 2.45) is 11.7 Å². The molecule has 1 amide bonds. The Hall–Kier alpha value is -1.11.